The van der Waals surface area contributed by atoms with Crippen LogP contribution in [0.4, 0.5) is 0 Å². The lowest BCUT2D eigenvalue weighted by molar-refractivity contribution is -0.142. The highest BCUT2D eigenvalue weighted by atomic mass is 35.5. The minimum Gasteiger partial charge on any atom is -0.480 e. The summed E-state index contributed by atoms with van der Waals surface area (Å²) in [5.74, 6) is -2.13. The van der Waals surface area contributed by atoms with Crippen molar-refractivity contribution in [1.29, 1.82) is 0 Å². The third kappa shape index (κ3) is 4.35. The van der Waals surface area contributed by atoms with Crippen LogP contribution in [0, 0.1) is 0 Å². The molecule has 1 atom stereocenters. The van der Waals surface area contributed by atoms with Crippen LogP contribution in [0.15, 0.2) is 24.3 Å². The monoisotopic (exact) mass is 271 g/mol. The Hall–Kier alpha value is -1.59. The minimum atomic E-state index is -1.06. The first-order valence-electron chi connectivity index (χ1n) is 5.33. The van der Waals surface area contributed by atoms with Crippen LogP contribution < -0.4 is 0 Å². The van der Waals surface area contributed by atoms with Gasteiger partial charge in [0.15, 0.2) is 0 Å². The normalized spacial score (nSPS) is 12.4. The molecule has 1 aromatic rings. The second-order valence-electron chi connectivity index (χ2n) is 3.92. The third-order valence-electron chi connectivity index (χ3n) is 2.56. The summed E-state index contributed by atoms with van der Waals surface area (Å²) in [6, 6.07) is 6.59. The summed E-state index contributed by atoms with van der Waals surface area (Å²) in [5, 5.41) is 18.1. The number of nitrogens with zero attached hydrogens (tertiary/aromatic N) is 1. The van der Waals surface area contributed by atoms with Crippen LogP contribution in [-0.2, 0) is 9.59 Å². The first kappa shape index (κ1) is 14.5. The molecule has 0 aliphatic heterocycles. The molecule has 1 unspecified atom stereocenters. The van der Waals surface area contributed by atoms with Crippen molar-refractivity contribution in [1.82, 2.24) is 4.90 Å². The van der Waals surface area contributed by atoms with Crippen LogP contribution in [-0.4, -0.2) is 40.1 Å². The number of hydrogen-bond donors (Lipinski definition) is 2. The van der Waals surface area contributed by atoms with Gasteiger partial charge in [-0.3, -0.25) is 14.5 Å². The van der Waals surface area contributed by atoms with Gasteiger partial charge in [0, 0.05) is 11.1 Å². The Bertz CT molecular complexity index is 433. The molecule has 6 heteroatoms. The van der Waals surface area contributed by atoms with E-state index in [0.717, 1.165) is 5.56 Å². The second kappa shape index (κ2) is 6.37. The fourth-order valence-electron chi connectivity index (χ4n) is 1.65. The lowest BCUT2D eigenvalue weighted by Crippen LogP contribution is -2.36. The molecule has 1 aromatic carbocycles. The number of benzene rings is 1. The first-order chi connectivity index (χ1) is 8.40. The fraction of sp³-hybridized carbons (Fsp3) is 0.333. The predicted octanol–water partition coefficient (Wildman–Crippen LogP) is 1.87. The highest BCUT2D eigenvalue weighted by molar-refractivity contribution is 6.30. The van der Waals surface area contributed by atoms with Crippen molar-refractivity contribution in [3.8, 4) is 0 Å². The average molecular weight is 272 g/mol. The second-order valence-corrected chi connectivity index (χ2v) is 4.36. The van der Waals surface area contributed by atoms with Gasteiger partial charge in [-0.05, 0) is 24.6 Å². The van der Waals surface area contributed by atoms with Crippen LogP contribution in [0.1, 0.15) is 18.5 Å². The average Bonchev–Trinajstić information content (AvgIpc) is 2.26. The summed E-state index contributed by atoms with van der Waals surface area (Å²) < 4.78 is 0. The van der Waals surface area contributed by atoms with E-state index in [1.165, 1.54) is 4.90 Å². The topological polar surface area (TPSA) is 77.8 Å². The predicted molar refractivity (Wildman–Crippen MR) is 66.7 cm³/mol. The quantitative estimate of drug-likeness (QED) is 0.826. The summed E-state index contributed by atoms with van der Waals surface area (Å²) in [4.78, 5) is 22.8. The third-order valence-corrected chi connectivity index (χ3v) is 2.79. The molecule has 0 saturated heterocycles. The van der Waals surface area contributed by atoms with E-state index >= 15 is 0 Å². The van der Waals surface area contributed by atoms with Gasteiger partial charge in [-0.2, -0.15) is 0 Å². The number of aliphatic carboxylic acids is 2. The van der Waals surface area contributed by atoms with E-state index in [0.29, 0.717) is 5.02 Å². The van der Waals surface area contributed by atoms with Gasteiger partial charge in [0.1, 0.15) is 0 Å². The van der Waals surface area contributed by atoms with Gasteiger partial charge in [-0.15, -0.1) is 0 Å². The molecule has 0 aliphatic carbocycles. The summed E-state index contributed by atoms with van der Waals surface area (Å²) in [5.41, 5.74) is 0.782. The number of carboxylic acids is 2. The van der Waals surface area contributed by atoms with Crippen molar-refractivity contribution < 1.29 is 19.8 Å². The van der Waals surface area contributed by atoms with Crippen LogP contribution in [0.3, 0.4) is 0 Å². The van der Waals surface area contributed by atoms with Gasteiger partial charge in [-0.1, -0.05) is 23.7 Å². The summed E-state index contributed by atoms with van der Waals surface area (Å²) in [7, 11) is 0. The van der Waals surface area contributed by atoms with Gasteiger partial charge in [-0.25, -0.2) is 0 Å². The van der Waals surface area contributed by atoms with Gasteiger partial charge >= 0.3 is 11.9 Å². The highest BCUT2D eigenvalue weighted by Gasteiger charge is 2.21. The molecule has 0 bridgehead atoms. The molecule has 0 fully saturated rings. The lowest BCUT2D eigenvalue weighted by Gasteiger charge is -2.26. The van der Waals surface area contributed by atoms with Crippen LogP contribution >= 0.6 is 11.6 Å². The summed E-state index contributed by atoms with van der Waals surface area (Å²) in [6.07, 6.45) is 0. The Morgan fingerprint density at radius 1 is 1.28 bits per heavy atom. The molecule has 0 spiro atoms. The van der Waals surface area contributed by atoms with Crippen molar-refractivity contribution in [3.63, 3.8) is 0 Å². The Morgan fingerprint density at radius 3 is 2.28 bits per heavy atom. The number of rotatable bonds is 6. The van der Waals surface area contributed by atoms with E-state index in [1.807, 2.05) is 0 Å². The van der Waals surface area contributed by atoms with Crippen molar-refractivity contribution in [2.75, 3.05) is 13.1 Å². The fourth-order valence-corrected chi connectivity index (χ4v) is 1.85. The van der Waals surface area contributed by atoms with Crippen molar-refractivity contribution in [2.45, 2.75) is 13.0 Å². The molecule has 98 valence electrons. The molecule has 0 amide bonds. The largest absolute Gasteiger partial charge is 0.480 e. The molecular formula is C12H14ClNO4. The lowest BCUT2D eigenvalue weighted by atomic mass is 10.1. The van der Waals surface area contributed by atoms with Crippen molar-refractivity contribution in [3.05, 3.63) is 34.9 Å². The smallest absolute Gasteiger partial charge is 0.317 e. The molecule has 0 aromatic heterocycles. The number of halogens is 1. The zero-order chi connectivity index (χ0) is 13.7. The maximum Gasteiger partial charge on any atom is 0.317 e. The van der Waals surface area contributed by atoms with Crippen molar-refractivity contribution >= 4 is 23.5 Å². The van der Waals surface area contributed by atoms with E-state index in [4.69, 9.17) is 21.8 Å². The summed E-state index contributed by atoms with van der Waals surface area (Å²) >= 11 is 5.85. The van der Waals surface area contributed by atoms with E-state index in [1.54, 1.807) is 31.2 Å². The number of carboxylic acid groups (broad SMARTS) is 2. The Balaban J connectivity index is 2.90. The molecule has 1 rings (SSSR count). The zero-order valence-corrected chi connectivity index (χ0v) is 10.6. The zero-order valence-electron chi connectivity index (χ0n) is 9.84. The molecule has 0 radical (unpaired) electrons. The number of carbonyl (C=O) groups is 2. The van der Waals surface area contributed by atoms with Gasteiger partial charge < -0.3 is 10.2 Å². The maximum atomic E-state index is 10.7. The van der Waals surface area contributed by atoms with Crippen LogP contribution in [0.2, 0.25) is 5.02 Å². The minimum absolute atomic E-state index is 0.333. The Kier molecular flexibility index (Phi) is 5.12. The standard InChI is InChI=1S/C12H14ClNO4/c1-8(9-3-2-4-10(13)5-9)14(6-11(15)16)7-12(17)18/h2-5,8H,6-7H2,1H3,(H,15,16)(H,17,18). The molecule has 0 saturated carbocycles. The van der Waals surface area contributed by atoms with Gasteiger partial charge in [0.25, 0.3) is 0 Å². The first-order valence-corrected chi connectivity index (χ1v) is 5.71. The van der Waals surface area contributed by atoms with E-state index < -0.39 is 11.9 Å². The Morgan fingerprint density at radius 2 is 1.83 bits per heavy atom. The van der Waals surface area contributed by atoms with Crippen molar-refractivity contribution in [2.24, 2.45) is 0 Å². The van der Waals surface area contributed by atoms with Crippen LogP contribution in [0.5, 0.6) is 0 Å². The molecule has 0 heterocycles. The molecule has 2 N–H and O–H groups in total. The van der Waals surface area contributed by atoms with Gasteiger partial charge in [0.05, 0.1) is 13.1 Å². The molecule has 18 heavy (non-hydrogen) atoms. The number of hydrogen-bond acceptors (Lipinski definition) is 3. The highest BCUT2D eigenvalue weighted by Crippen LogP contribution is 2.22. The summed E-state index contributed by atoms with van der Waals surface area (Å²) in [6.45, 7) is 1.08. The van der Waals surface area contributed by atoms with E-state index in [9.17, 15) is 9.59 Å². The van der Waals surface area contributed by atoms with E-state index in [2.05, 4.69) is 0 Å². The maximum absolute atomic E-state index is 10.7. The Labute approximate surface area is 110 Å². The van der Waals surface area contributed by atoms with Crippen LogP contribution in [0.25, 0.3) is 0 Å². The molecule has 0 aliphatic rings. The SMILES string of the molecule is CC(c1cccc(Cl)c1)N(CC(=O)O)CC(=O)O. The molecular weight excluding hydrogens is 258 g/mol. The molecule has 5 nitrogen and oxygen atoms in total. The van der Waals surface area contributed by atoms with E-state index in [-0.39, 0.29) is 19.1 Å². The van der Waals surface area contributed by atoms with Gasteiger partial charge in [0.2, 0.25) is 0 Å².